The molecule has 6 rings (SSSR count). The van der Waals surface area contributed by atoms with E-state index in [4.69, 9.17) is 4.74 Å². The van der Waals surface area contributed by atoms with Crippen molar-refractivity contribution in [3.63, 3.8) is 0 Å². The van der Waals surface area contributed by atoms with Crippen LogP contribution in [0, 0.1) is 0 Å². The van der Waals surface area contributed by atoms with E-state index in [0.29, 0.717) is 30.3 Å². The van der Waals surface area contributed by atoms with Crippen molar-refractivity contribution in [2.75, 3.05) is 36.4 Å². The third-order valence-electron chi connectivity index (χ3n) is 7.27. The lowest BCUT2D eigenvalue weighted by Crippen LogP contribution is -2.43. The third-order valence-corrected chi connectivity index (χ3v) is 7.27. The number of halogens is 1. The predicted octanol–water partition coefficient (Wildman–Crippen LogP) is 2.47. The van der Waals surface area contributed by atoms with E-state index in [9.17, 15) is 4.79 Å². The largest absolute Gasteiger partial charge is 0.443 e. The van der Waals surface area contributed by atoms with Gasteiger partial charge in [-0.3, -0.25) is 9.50 Å². The minimum absolute atomic E-state index is 0.192. The van der Waals surface area contributed by atoms with Crippen molar-refractivity contribution in [1.82, 2.24) is 35.2 Å². The number of hydrogen-bond donors (Lipinski definition) is 4. The molecule has 0 bridgehead atoms. The molecule has 3 atom stereocenters. The average molecular weight is 484 g/mol. The molecule has 0 spiro atoms. The topological polar surface area (TPSA) is 124 Å². The molecule has 3 unspecified atom stereocenters. The second kappa shape index (κ2) is 8.67. The van der Waals surface area contributed by atoms with E-state index in [2.05, 4.69) is 41.0 Å². The summed E-state index contributed by atoms with van der Waals surface area (Å²) < 4.78 is 22.4. The summed E-state index contributed by atoms with van der Waals surface area (Å²) in [4.78, 5) is 23.5. The number of piperazine rings is 1. The van der Waals surface area contributed by atoms with Gasteiger partial charge < -0.3 is 25.6 Å². The Morgan fingerprint density at radius 3 is 2.89 bits per heavy atom. The molecule has 4 N–H and O–H groups in total. The Balaban J connectivity index is 1.13. The van der Waals surface area contributed by atoms with Crippen LogP contribution in [0.4, 0.5) is 26.6 Å². The van der Waals surface area contributed by atoms with Crippen molar-refractivity contribution in [3.8, 4) is 0 Å². The van der Waals surface area contributed by atoms with E-state index in [-0.39, 0.29) is 5.54 Å². The number of rotatable bonds is 6. The highest BCUT2D eigenvalue weighted by Gasteiger charge is 2.43. The Morgan fingerprint density at radius 1 is 1.26 bits per heavy atom. The third kappa shape index (κ3) is 4.38. The van der Waals surface area contributed by atoms with Crippen molar-refractivity contribution >= 4 is 29.2 Å². The maximum Gasteiger partial charge on any atom is 0.407 e. The van der Waals surface area contributed by atoms with E-state index >= 15 is 4.39 Å². The molecule has 1 aliphatic heterocycles. The molecule has 0 radical (unpaired) electrons. The van der Waals surface area contributed by atoms with E-state index in [0.717, 1.165) is 50.4 Å². The summed E-state index contributed by atoms with van der Waals surface area (Å²) in [5.74, 6) is 0.696. The number of alkyl halides is 1. The first-order valence-corrected chi connectivity index (χ1v) is 12.2. The first-order chi connectivity index (χ1) is 17.0. The smallest absolute Gasteiger partial charge is 0.407 e. The van der Waals surface area contributed by atoms with Crippen LogP contribution in [0.1, 0.15) is 44.2 Å². The Kier molecular flexibility index (Phi) is 5.47. The summed E-state index contributed by atoms with van der Waals surface area (Å²) in [6.45, 7) is 5.61. The predicted molar refractivity (Wildman–Crippen MR) is 128 cm³/mol. The van der Waals surface area contributed by atoms with E-state index < -0.39 is 24.3 Å². The number of H-pyrrole nitrogens is 1. The van der Waals surface area contributed by atoms with Crippen molar-refractivity contribution in [2.45, 2.75) is 56.3 Å². The first kappa shape index (κ1) is 22.1. The second-order valence-corrected chi connectivity index (χ2v) is 9.92. The molecule has 3 aromatic rings. The van der Waals surface area contributed by atoms with Crippen molar-refractivity contribution in [2.24, 2.45) is 0 Å². The number of amides is 1. The van der Waals surface area contributed by atoms with Gasteiger partial charge in [0, 0.05) is 61.8 Å². The number of nitrogens with zero attached hydrogens (tertiary/aromatic N) is 5. The number of ether oxygens (including phenoxy) is 1. The highest BCUT2D eigenvalue weighted by molar-refractivity contribution is 5.71. The summed E-state index contributed by atoms with van der Waals surface area (Å²) in [6.07, 6.45) is 5.74. The van der Waals surface area contributed by atoms with Crippen molar-refractivity contribution < 1.29 is 13.9 Å². The minimum atomic E-state index is -1.29. The van der Waals surface area contributed by atoms with E-state index in [1.807, 2.05) is 23.7 Å². The molecule has 11 nitrogen and oxygen atoms in total. The average Bonchev–Trinajstić information content (AvgIpc) is 3.24. The summed E-state index contributed by atoms with van der Waals surface area (Å²) in [6, 6.07) is 1.79. The molecule has 35 heavy (non-hydrogen) atoms. The Bertz CT molecular complexity index is 1220. The lowest BCUT2D eigenvalue weighted by molar-refractivity contribution is 0.0546. The molecule has 1 saturated heterocycles. The zero-order chi connectivity index (χ0) is 24.0. The summed E-state index contributed by atoms with van der Waals surface area (Å²) >= 11 is 0. The normalized spacial score (nSPS) is 25.5. The van der Waals surface area contributed by atoms with Gasteiger partial charge in [0.25, 0.3) is 0 Å². The van der Waals surface area contributed by atoms with Gasteiger partial charge in [0.1, 0.15) is 12.3 Å². The molecule has 2 saturated carbocycles. The zero-order valence-electron chi connectivity index (χ0n) is 19.6. The molecular formula is C23H30FN9O2. The van der Waals surface area contributed by atoms with Gasteiger partial charge in [0.2, 0.25) is 5.95 Å². The lowest BCUT2D eigenvalue weighted by atomic mass is 10.0. The van der Waals surface area contributed by atoms with Gasteiger partial charge >= 0.3 is 6.09 Å². The van der Waals surface area contributed by atoms with Crippen LogP contribution in [-0.4, -0.2) is 74.7 Å². The Morgan fingerprint density at radius 2 is 2.09 bits per heavy atom. The van der Waals surface area contributed by atoms with Crippen LogP contribution in [0.25, 0.3) is 5.65 Å². The molecule has 12 heteroatoms. The number of imidazole rings is 1. The van der Waals surface area contributed by atoms with Gasteiger partial charge in [-0.15, -0.1) is 0 Å². The monoisotopic (exact) mass is 483 g/mol. The number of hydrogen-bond acceptors (Lipinski definition) is 8. The van der Waals surface area contributed by atoms with Crippen molar-refractivity contribution in [1.29, 1.82) is 0 Å². The molecule has 1 amide bonds. The van der Waals surface area contributed by atoms with Crippen LogP contribution in [-0.2, 0) is 4.74 Å². The summed E-state index contributed by atoms with van der Waals surface area (Å²) in [7, 11) is 0. The molecule has 2 aliphatic carbocycles. The van der Waals surface area contributed by atoms with Crippen LogP contribution in [0.5, 0.6) is 0 Å². The molecular weight excluding hydrogens is 453 g/mol. The fourth-order valence-corrected chi connectivity index (χ4v) is 4.93. The van der Waals surface area contributed by atoms with Gasteiger partial charge in [0.15, 0.2) is 11.5 Å². The SMILES string of the molecule is CC1(NC(=O)OC2CCC(c3cc(Nc4ncc(N5CCNCC5)c5nccn45)n[nH]3)C2F)CC1. The number of fused-ring (bicyclic) bond motifs is 1. The second-order valence-electron chi connectivity index (χ2n) is 9.92. The Labute approximate surface area is 201 Å². The van der Waals surface area contributed by atoms with Crippen LogP contribution >= 0.6 is 0 Å². The molecule has 3 aromatic heterocycles. The molecule has 0 aromatic carbocycles. The molecule has 3 aliphatic rings. The maximum absolute atomic E-state index is 15.2. The highest BCUT2D eigenvalue weighted by atomic mass is 19.1. The van der Waals surface area contributed by atoms with Crippen LogP contribution in [0.3, 0.4) is 0 Å². The summed E-state index contributed by atoms with van der Waals surface area (Å²) in [5.41, 5.74) is 2.28. The number of aromatic nitrogens is 5. The Hall–Kier alpha value is -3.41. The minimum Gasteiger partial charge on any atom is -0.443 e. The lowest BCUT2D eigenvalue weighted by Gasteiger charge is -2.29. The van der Waals surface area contributed by atoms with Gasteiger partial charge in [-0.05, 0) is 32.6 Å². The quantitative estimate of drug-likeness (QED) is 0.422. The number of alkyl carbamates (subject to hydrolysis) is 1. The summed E-state index contributed by atoms with van der Waals surface area (Å²) in [5, 5.41) is 16.7. The van der Waals surface area contributed by atoms with Crippen LogP contribution < -0.4 is 20.9 Å². The fraction of sp³-hybridized carbons (Fsp3) is 0.565. The van der Waals surface area contributed by atoms with Gasteiger partial charge in [-0.25, -0.2) is 19.2 Å². The van der Waals surface area contributed by atoms with E-state index in [1.54, 1.807) is 12.3 Å². The molecule has 186 valence electrons. The van der Waals surface area contributed by atoms with Gasteiger partial charge in [0.05, 0.1) is 11.9 Å². The van der Waals surface area contributed by atoms with E-state index in [1.165, 1.54) is 0 Å². The van der Waals surface area contributed by atoms with Gasteiger partial charge in [-0.2, -0.15) is 5.10 Å². The van der Waals surface area contributed by atoms with Gasteiger partial charge in [-0.1, -0.05) is 0 Å². The fourth-order valence-electron chi connectivity index (χ4n) is 4.93. The number of aromatic amines is 1. The highest BCUT2D eigenvalue weighted by Crippen LogP contribution is 2.39. The van der Waals surface area contributed by atoms with Crippen LogP contribution in [0.15, 0.2) is 24.7 Å². The van der Waals surface area contributed by atoms with Crippen LogP contribution in [0.2, 0.25) is 0 Å². The zero-order valence-corrected chi connectivity index (χ0v) is 19.6. The number of carbonyl (C=O) groups is 1. The first-order valence-electron chi connectivity index (χ1n) is 12.2. The number of anilines is 3. The van der Waals surface area contributed by atoms with Crippen molar-refractivity contribution in [3.05, 3.63) is 30.4 Å². The number of carbonyl (C=O) groups excluding carboxylic acids is 1. The number of nitrogens with one attached hydrogen (secondary N) is 4. The maximum atomic E-state index is 15.2. The standard InChI is InChI=1S/C23H30FN9O2/c1-23(4-5-23)29-22(34)35-17-3-2-14(19(17)24)15-12-18(31-30-15)28-21-27-13-16(20-26-8-11-33(20)21)32-9-6-25-7-10-32/h8,11-14,17,19,25H,2-7,9-10H2,1H3,(H,29,34)(H2,27,28,30,31). The molecule has 3 fully saturated rings. The molecule has 4 heterocycles.